The molecule has 0 bridgehead atoms. The molecule has 0 unspecified atom stereocenters. The Morgan fingerprint density at radius 3 is 2.12 bits per heavy atom. The van der Waals surface area contributed by atoms with Gasteiger partial charge in [-0.15, -0.1) is 12.4 Å². The molecule has 25 heavy (non-hydrogen) atoms. The highest BCUT2D eigenvalue weighted by molar-refractivity contribution is 6.01. The molecule has 1 saturated heterocycles. The number of likely N-dealkylation sites (tertiary alicyclic amines) is 1. The Balaban J connectivity index is 0.00000312. The van der Waals surface area contributed by atoms with Crippen molar-refractivity contribution in [2.75, 3.05) is 6.54 Å². The van der Waals surface area contributed by atoms with E-state index >= 15 is 0 Å². The largest absolute Gasteiger partial charge is 0.350 e. The van der Waals surface area contributed by atoms with Crippen molar-refractivity contribution >= 4 is 30.1 Å². The molecule has 1 aliphatic heterocycles. The van der Waals surface area contributed by atoms with Crippen molar-refractivity contribution in [1.82, 2.24) is 10.2 Å². The van der Waals surface area contributed by atoms with Crippen molar-refractivity contribution in [3.8, 4) is 0 Å². The maximum absolute atomic E-state index is 12.2. The zero-order valence-corrected chi connectivity index (χ0v) is 15.5. The van der Waals surface area contributed by atoms with Gasteiger partial charge in [0.15, 0.2) is 0 Å². The van der Waals surface area contributed by atoms with Gasteiger partial charge >= 0.3 is 0 Å². The Kier molecular flexibility index (Phi) is 7.58. The summed E-state index contributed by atoms with van der Waals surface area (Å²) in [6.07, 6.45) is 2.16. The van der Waals surface area contributed by atoms with Crippen LogP contribution in [0, 0.1) is 0 Å². The van der Waals surface area contributed by atoms with Gasteiger partial charge in [-0.1, -0.05) is 26.0 Å². The van der Waals surface area contributed by atoms with E-state index in [2.05, 4.69) is 5.32 Å². The molecule has 0 spiro atoms. The van der Waals surface area contributed by atoms with E-state index in [0.717, 1.165) is 18.4 Å². The molecule has 0 aromatic heterocycles. The first-order valence-electron chi connectivity index (χ1n) is 8.37. The van der Waals surface area contributed by atoms with Crippen LogP contribution in [-0.2, 0) is 16.1 Å². The molecule has 1 aliphatic rings. The van der Waals surface area contributed by atoms with Gasteiger partial charge in [-0.3, -0.25) is 19.3 Å². The normalized spacial score (nSPS) is 14.4. The van der Waals surface area contributed by atoms with Crippen molar-refractivity contribution in [3.63, 3.8) is 0 Å². The summed E-state index contributed by atoms with van der Waals surface area (Å²) in [6.45, 7) is 4.70. The topological polar surface area (TPSA) is 92.5 Å². The monoisotopic (exact) mass is 367 g/mol. The van der Waals surface area contributed by atoms with Crippen LogP contribution in [0.15, 0.2) is 24.3 Å². The number of nitrogens with two attached hydrogens (primary N) is 1. The fourth-order valence-electron chi connectivity index (χ4n) is 2.60. The van der Waals surface area contributed by atoms with Crippen LogP contribution in [0.4, 0.5) is 0 Å². The number of amides is 3. The smallest absolute Gasteiger partial charge is 0.251 e. The van der Waals surface area contributed by atoms with E-state index in [1.54, 1.807) is 24.3 Å². The van der Waals surface area contributed by atoms with Gasteiger partial charge in [-0.05, 0) is 30.5 Å². The summed E-state index contributed by atoms with van der Waals surface area (Å²) < 4.78 is 0. The molecule has 7 heteroatoms. The maximum atomic E-state index is 12.2. The maximum Gasteiger partial charge on any atom is 0.251 e. The first kappa shape index (κ1) is 21.1. The molecule has 0 aliphatic carbocycles. The van der Waals surface area contributed by atoms with Gasteiger partial charge in [0.2, 0.25) is 11.8 Å². The van der Waals surface area contributed by atoms with E-state index < -0.39 is 0 Å². The molecule has 3 N–H and O–H groups in total. The number of hydrogen-bond acceptors (Lipinski definition) is 4. The van der Waals surface area contributed by atoms with Gasteiger partial charge < -0.3 is 11.1 Å². The molecule has 1 fully saturated rings. The molecule has 1 heterocycles. The van der Waals surface area contributed by atoms with Crippen LogP contribution in [0.3, 0.4) is 0 Å². The minimum Gasteiger partial charge on any atom is -0.350 e. The number of nitrogens with one attached hydrogen (secondary N) is 1. The molecule has 0 radical (unpaired) electrons. The first-order chi connectivity index (χ1) is 11.4. The van der Waals surface area contributed by atoms with E-state index in [-0.39, 0.29) is 55.1 Å². The zero-order chi connectivity index (χ0) is 17.7. The Hall–Kier alpha value is -1.92. The number of benzene rings is 1. The van der Waals surface area contributed by atoms with Crippen LogP contribution in [0.25, 0.3) is 0 Å². The third kappa shape index (κ3) is 5.28. The lowest BCUT2D eigenvalue weighted by molar-refractivity contribution is -0.139. The molecule has 3 amide bonds. The van der Waals surface area contributed by atoms with Crippen LogP contribution in [0.1, 0.15) is 55.5 Å². The van der Waals surface area contributed by atoms with Gasteiger partial charge in [0.05, 0.1) is 6.54 Å². The van der Waals surface area contributed by atoms with E-state index in [0.29, 0.717) is 12.1 Å². The predicted octanol–water partition coefficient (Wildman–Crippen LogP) is 2.00. The summed E-state index contributed by atoms with van der Waals surface area (Å²) in [6, 6.07) is 6.93. The average Bonchev–Trinajstić information content (AvgIpc) is 2.92. The van der Waals surface area contributed by atoms with Crippen molar-refractivity contribution in [3.05, 3.63) is 35.4 Å². The number of carbonyl (C=O) groups is 3. The van der Waals surface area contributed by atoms with Gasteiger partial charge in [-0.25, -0.2) is 0 Å². The molecule has 2 rings (SSSR count). The zero-order valence-electron chi connectivity index (χ0n) is 14.7. The summed E-state index contributed by atoms with van der Waals surface area (Å²) in [5.41, 5.74) is 7.16. The van der Waals surface area contributed by atoms with Gasteiger partial charge in [0.1, 0.15) is 0 Å². The van der Waals surface area contributed by atoms with Gasteiger partial charge in [0, 0.05) is 30.5 Å². The van der Waals surface area contributed by atoms with E-state index in [4.69, 9.17) is 5.73 Å². The molecule has 1 aromatic carbocycles. The Morgan fingerprint density at radius 2 is 1.64 bits per heavy atom. The SMILES string of the molecule is CCC(N)(CC)CNC(=O)c1ccc(CN2C(=O)CCC2=O)cc1.Cl. The number of hydrogen-bond donors (Lipinski definition) is 2. The number of carbonyl (C=O) groups excluding carboxylic acids is 3. The quantitative estimate of drug-likeness (QED) is 0.721. The van der Waals surface area contributed by atoms with Gasteiger partial charge in [0.25, 0.3) is 5.91 Å². The highest BCUT2D eigenvalue weighted by atomic mass is 35.5. The fraction of sp³-hybridized carbons (Fsp3) is 0.500. The van der Waals surface area contributed by atoms with Crippen LogP contribution in [0.5, 0.6) is 0 Å². The summed E-state index contributed by atoms with van der Waals surface area (Å²) >= 11 is 0. The lowest BCUT2D eigenvalue weighted by Gasteiger charge is -2.26. The minimum atomic E-state index is -0.383. The number of imide groups is 1. The minimum absolute atomic E-state index is 0. The highest BCUT2D eigenvalue weighted by Crippen LogP contribution is 2.16. The number of nitrogens with zero attached hydrogens (tertiary/aromatic N) is 1. The molecule has 0 saturated carbocycles. The van der Waals surface area contributed by atoms with E-state index in [1.807, 2.05) is 13.8 Å². The lowest BCUT2D eigenvalue weighted by Crippen LogP contribution is -2.49. The molecular formula is C18H26ClN3O3. The first-order valence-corrected chi connectivity index (χ1v) is 8.37. The van der Waals surface area contributed by atoms with E-state index in [1.165, 1.54) is 4.90 Å². The summed E-state index contributed by atoms with van der Waals surface area (Å²) in [7, 11) is 0. The molecular weight excluding hydrogens is 342 g/mol. The number of halogens is 1. The molecule has 138 valence electrons. The predicted molar refractivity (Wildman–Crippen MR) is 98.3 cm³/mol. The Labute approximate surface area is 154 Å². The lowest BCUT2D eigenvalue weighted by atomic mass is 9.94. The summed E-state index contributed by atoms with van der Waals surface area (Å²) in [5.74, 6) is -0.452. The highest BCUT2D eigenvalue weighted by Gasteiger charge is 2.28. The standard InChI is InChI=1S/C18H25N3O3.ClH/c1-3-18(19,4-2)12-20-17(24)14-7-5-13(6-8-14)11-21-15(22)9-10-16(21)23;/h5-8H,3-4,9-12,19H2,1-2H3,(H,20,24);1H. The average molecular weight is 368 g/mol. The summed E-state index contributed by atoms with van der Waals surface area (Å²) in [4.78, 5) is 36.7. The van der Waals surface area contributed by atoms with Crippen LogP contribution < -0.4 is 11.1 Å². The van der Waals surface area contributed by atoms with Crippen LogP contribution in [0.2, 0.25) is 0 Å². The van der Waals surface area contributed by atoms with Crippen molar-refractivity contribution < 1.29 is 14.4 Å². The molecule has 6 nitrogen and oxygen atoms in total. The Bertz CT molecular complexity index is 611. The van der Waals surface area contributed by atoms with Crippen LogP contribution >= 0.6 is 12.4 Å². The molecule has 0 atom stereocenters. The third-order valence-electron chi connectivity index (χ3n) is 4.72. The number of rotatable bonds is 7. The third-order valence-corrected chi connectivity index (χ3v) is 4.72. The van der Waals surface area contributed by atoms with Crippen molar-refractivity contribution in [2.24, 2.45) is 5.73 Å². The van der Waals surface area contributed by atoms with Gasteiger partial charge in [-0.2, -0.15) is 0 Å². The summed E-state index contributed by atoms with van der Waals surface area (Å²) in [5, 5.41) is 2.87. The molecule has 1 aromatic rings. The Morgan fingerprint density at radius 1 is 1.12 bits per heavy atom. The fourth-order valence-corrected chi connectivity index (χ4v) is 2.60. The second-order valence-electron chi connectivity index (χ2n) is 6.32. The van der Waals surface area contributed by atoms with Crippen molar-refractivity contribution in [1.29, 1.82) is 0 Å². The van der Waals surface area contributed by atoms with E-state index in [9.17, 15) is 14.4 Å². The van der Waals surface area contributed by atoms with Crippen molar-refractivity contribution in [2.45, 2.75) is 51.6 Å². The second-order valence-corrected chi connectivity index (χ2v) is 6.32. The second kappa shape index (κ2) is 8.97. The van der Waals surface area contributed by atoms with Crippen LogP contribution in [-0.4, -0.2) is 34.7 Å².